The Balaban J connectivity index is 1.80. The van der Waals surface area contributed by atoms with Crippen LogP contribution in [0.2, 0.25) is 0 Å². The van der Waals surface area contributed by atoms with Crippen molar-refractivity contribution in [1.82, 2.24) is 20.0 Å². The second-order valence-electron chi connectivity index (χ2n) is 6.18. The molecule has 0 amide bonds. The van der Waals surface area contributed by atoms with Crippen LogP contribution in [0, 0.1) is 11.8 Å². The van der Waals surface area contributed by atoms with E-state index in [2.05, 4.69) is 59.6 Å². The molecule has 0 aliphatic heterocycles. The van der Waals surface area contributed by atoms with Gasteiger partial charge in [0.1, 0.15) is 0 Å². The van der Waals surface area contributed by atoms with E-state index in [1.54, 1.807) is 6.20 Å². The number of fused-ring (bicyclic) bond motifs is 1. The number of H-pyrrole nitrogens is 1. The molecule has 21 heavy (non-hydrogen) atoms. The Morgan fingerprint density at radius 2 is 2.10 bits per heavy atom. The molecule has 0 aliphatic rings. The summed E-state index contributed by atoms with van der Waals surface area (Å²) in [5.74, 6) is 1.26. The van der Waals surface area contributed by atoms with E-state index in [-0.39, 0.29) is 0 Å². The normalized spacial score (nSPS) is 13.1. The standard InChI is InChI=1S/C17H22N4/c1-13(2)9-14(12-21-8-7-19-20-21)10-15-11-18-17-6-4-3-5-16(15)17/h3-8,11,13-14,18H,9-10,12H2,1-2H3. The number of nitrogens with one attached hydrogen (secondary N) is 1. The average molecular weight is 282 g/mol. The Hall–Kier alpha value is -2.10. The molecule has 0 spiro atoms. The fourth-order valence-corrected chi connectivity index (χ4v) is 3.10. The molecule has 110 valence electrons. The predicted molar refractivity (Wildman–Crippen MR) is 85.0 cm³/mol. The van der Waals surface area contributed by atoms with E-state index in [0.717, 1.165) is 13.0 Å². The van der Waals surface area contributed by atoms with Crippen molar-refractivity contribution < 1.29 is 0 Å². The molecule has 1 unspecified atom stereocenters. The van der Waals surface area contributed by atoms with Gasteiger partial charge in [-0.05, 0) is 36.3 Å². The van der Waals surface area contributed by atoms with Crippen molar-refractivity contribution in [3.8, 4) is 0 Å². The molecule has 0 saturated heterocycles. The summed E-state index contributed by atoms with van der Waals surface area (Å²) >= 11 is 0. The summed E-state index contributed by atoms with van der Waals surface area (Å²) < 4.78 is 1.95. The van der Waals surface area contributed by atoms with Gasteiger partial charge in [-0.2, -0.15) is 0 Å². The third kappa shape index (κ3) is 3.32. The third-order valence-corrected chi connectivity index (χ3v) is 3.91. The van der Waals surface area contributed by atoms with Crippen LogP contribution in [0.4, 0.5) is 0 Å². The largest absolute Gasteiger partial charge is 0.361 e. The fourth-order valence-electron chi connectivity index (χ4n) is 3.10. The van der Waals surface area contributed by atoms with Crippen molar-refractivity contribution in [2.75, 3.05) is 0 Å². The first-order valence-electron chi connectivity index (χ1n) is 7.61. The first-order chi connectivity index (χ1) is 10.2. The van der Waals surface area contributed by atoms with Gasteiger partial charge in [-0.25, -0.2) is 0 Å². The van der Waals surface area contributed by atoms with E-state index in [9.17, 15) is 0 Å². The van der Waals surface area contributed by atoms with Crippen LogP contribution in [0.25, 0.3) is 10.9 Å². The lowest BCUT2D eigenvalue weighted by Crippen LogP contribution is -2.16. The molecular weight excluding hydrogens is 260 g/mol. The van der Waals surface area contributed by atoms with Gasteiger partial charge in [0.25, 0.3) is 0 Å². The topological polar surface area (TPSA) is 46.5 Å². The summed E-state index contributed by atoms with van der Waals surface area (Å²) in [7, 11) is 0. The Bertz CT molecular complexity index is 682. The molecule has 0 radical (unpaired) electrons. The van der Waals surface area contributed by atoms with Crippen molar-refractivity contribution in [1.29, 1.82) is 0 Å². The maximum atomic E-state index is 4.11. The number of para-hydroxylation sites is 1. The van der Waals surface area contributed by atoms with E-state index in [4.69, 9.17) is 0 Å². The number of aromatic nitrogens is 4. The highest BCUT2D eigenvalue weighted by atomic mass is 15.4. The quantitative estimate of drug-likeness (QED) is 0.750. The maximum Gasteiger partial charge on any atom is 0.0692 e. The number of hydrogen-bond acceptors (Lipinski definition) is 2. The van der Waals surface area contributed by atoms with Gasteiger partial charge in [-0.3, -0.25) is 4.68 Å². The molecule has 2 aromatic heterocycles. The second-order valence-corrected chi connectivity index (χ2v) is 6.18. The SMILES string of the molecule is CC(C)CC(Cc1c[nH]c2ccccc12)Cn1ccnn1. The minimum atomic E-state index is 0.575. The van der Waals surface area contributed by atoms with E-state index in [1.807, 2.05) is 10.9 Å². The fraction of sp³-hybridized carbons (Fsp3) is 0.412. The molecule has 0 saturated carbocycles. The Morgan fingerprint density at radius 1 is 1.24 bits per heavy atom. The summed E-state index contributed by atoms with van der Waals surface area (Å²) in [4.78, 5) is 3.37. The highest BCUT2D eigenvalue weighted by molar-refractivity contribution is 5.83. The average Bonchev–Trinajstić information content (AvgIpc) is 3.09. The van der Waals surface area contributed by atoms with Gasteiger partial charge >= 0.3 is 0 Å². The molecular formula is C17H22N4. The van der Waals surface area contributed by atoms with Crippen LogP contribution >= 0.6 is 0 Å². The zero-order valence-electron chi connectivity index (χ0n) is 12.7. The van der Waals surface area contributed by atoms with E-state index < -0.39 is 0 Å². The Kier molecular flexibility index (Phi) is 4.04. The lowest BCUT2D eigenvalue weighted by molar-refractivity contribution is 0.343. The molecule has 4 heteroatoms. The van der Waals surface area contributed by atoms with E-state index >= 15 is 0 Å². The number of hydrogen-bond donors (Lipinski definition) is 1. The Labute approximate surface area is 125 Å². The van der Waals surface area contributed by atoms with Gasteiger partial charge < -0.3 is 4.98 Å². The molecule has 1 N–H and O–H groups in total. The highest BCUT2D eigenvalue weighted by Gasteiger charge is 2.15. The van der Waals surface area contributed by atoms with Gasteiger partial charge in [0.15, 0.2) is 0 Å². The molecule has 3 rings (SSSR count). The van der Waals surface area contributed by atoms with Crippen molar-refractivity contribution in [3.63, 3.8) is 0 Å². The lowest BCUT2D eigenvalue weighted by atomic mass is 9.91. The van der Waals surface area contributed by atoms with Gasteiger partial charge in [0.05, 0.1) is 6.20 Å². The summed E-state index contributed by atoms with van der Waals surface area (Å²) in [5, 5.41) is 9.36. The zero-order chi connectivity index (χ0) is 14.7. The van der Waals surface area contributed by atoms with Crippen LogP contribution in [0.1, 0.15) is 25.8 Å². The monoisotopic (exact) mass is 282 g/mol. The second kappa shape index (κ2) is 6.12. The summed E-state index contributed by atoms with van der Waals surface area (Å²) in [6.07, 6.45) is 8.11. The van der Waals surface area contributed by atoms with Gasteiger partial charge in [0, 0.05) is 29.8 Å². The minimum Gasteiger partial charge on any atom is -0.361 e. The molecule has 4 nitrogen and oxygen atoms in total. The highest BCUT2D eigenvalue weighted by Crippen LogP contribution is 2.24. The van der Waals surface area contributed by atoms with Crippen LogP contribution < -0.4 is 0 Å². The smallest absolute Gasteiger partial charge is 0.0692 e. The van der Waals surface area contributed by atoms with E-state index in [1.165, 1.54) is 22.9 Å². The van der Waals surface area contributed by atoms with Crippen molar-refractivity contribution in [2.24, 2.45) is 11.8 Å². The first-order valence-corrected chi connectivity index (χ1v) is 7.61. The number of rotatable bonds is 6. The van der Waals surface area contributed by atoms with Crippen molar-refractivity contribution >= 4 is 10.9 Å². The van der Waals surface area contributed by atoms with Crippen LogP contribution in [0.15, 0.2) is 42.9 Å². The minimum absolute atomic E-state index is 0.575. The molecule has 1 aromatic carbocycles. The molecule has 0 bridgehead atoms. The predicted octanol–water partition coefficient (Wildman–Crippen LogP) is 3.66. The molecule has 2 heterocycles. The number of nitrogens with zero attached hydrogens (tertiary/aromatic N) is 3. The van der Waals surface area contributed by atoms with Crippen molar-refractivity contribution in [2.45, 2.75) is 33.2 Å². The van der Waals surface area contributed by atoms with Gasteiger partial charge in [-0.1, -0.05) is 37.3 Å². The molecule has 0 aliphatic carbocycles. The number of aromatic amines is 1. The summed E-state index contributed by atoms with van der Waals surface area (Å²) in [6.45, 7) is 5.49. The third-order valence-electron chi connectivity index (χ3n) is 3.91. The zero-order valence-corrected chi connectivity index (χ0v) is 12.7. The van der Waals surface area contributed by atoms with Crippen molar-refractivity contribution in [3.05, 3.63) is 48.4 Å². The molecule has 3 aromatic rings. The molecule has 0 fully saturated rings. The number of benzene rings is 1. The summed E-state index contributed by atoms with van der Waals surface area (Å²) in [6, 6.07) is 8.51. The summed E-state index contributed by atoms with van der Waals surface area (Å²) in [5.41, 5.74) is 2.62. The van der Waals surface area contributed by atoms with E-state index in [0.29, 0.717) is 11.8 Å². The van der Waals surface area contributed by atoms with Crippen LogP contribution in [0.3, 0.4) is 0 Å². The maximum absolute atomic E-state index is 4.11. The van der Waals surface area contributed by atoms with Crippen LogP contribution in [-0.4, -0.2) is 20.0 Å². The van der Waals surface area contributed by atoms with Gasteiger partial charge in [-0.15, -0.1) is 5.10 Å². The molecule has 1 atom stereocenters. The Morgan fingerprint density at radius 3 is 2.86 bits per heavy atom. The van der Waals surface area contributed by atoms with Crippen LogP contribution in [0.5, 0.6) is 0 Å². The van der Waals surface area contributed by atoms with Crippen LogP contribution in [-0.2, 0) is 13.0 Å². The first kappa shape index (κ1) is 13.9. The lowest BCUT2D eigenvalue weighted by Gasteiger charge is -2.18. The van der Waals surface area contributed by atoms with Gasteiger partial charge in [0.2, 0.25) is 0 Å².